The fourth-order valence-electron chi connectivity index (χ4n) is 4.18. The van der Waals surface area contributed by atoms with Gasteiger partial charge >= 0.3 is 0 Å². The minimum absolute atomic E-state index is 0.00472. The number of ether oxygens (including phenoxy) is 1. The SMILES string of the molecule is Fc1ccc(CN2C[C@@H]3[C@@H](C2)OCC2C(c4ccncc4)N=NN23)cc1. The van der Waals surface area contributed by atoms with Crippen LogP contribution in [0.15, 0.2) is 59.1 Å². The maximum absolute atomic E-state index is 13.1. The van der Waals surface area contributed by atoms with Crippen LogP contribution in [0, 0.1) is 5.82 Å². The van der Waals surface area contributed by atoms with E-state index in [0.717, 1.165) is 30.8 Å². The molecule has 7 heteroatoms. The van der Waals surface area contributed by atoms with Crippen LogP contribution in [0.1, 0.15) is 17.2 Å². The Balaban J connectivity index is 1.29. The topological polar surface area (TPSA) is 53.3 Å². The Hall–Kier alpha value is -2.38. The normalized spacial score (nSPS) is 30.4. The van der Waals surface area contributed by atoms with Gasteiger partial charge in [-0.1, -0.05) is 17.4 Å². The van der Waals surface area contributed by atoms with Gasteiger partial charge in [-0.3, -0.25) is 14.9 Å². The summed E-state index contributed by atoms with van der Waals surface area (Å²) in [5, 5.41) is 11.1. The van der Waals surface area contributed by atoms with E-state index in [1.54, 1.807) is 12.4 Å². The van der Waals surface area contributed by atoms with Crippen LogP contribution in [-0.4, -0.2) is 52.8 Å². The molecule has 5 rings (SSSR count). The number of rotatable bonds is 3. The van der Waals surface area contributed by atoms with Crippen molar-refractivity contribution in [3.05, 3.63) is 65.7 Å². The lowest BCUT2D eigenvalue weighted by atomic mass is 9.98. The number of hydrogen-bond donors (Lipinski definition) is 0. The smallest absolute Gasteiger partial charge is 0.123 e. The first-order valence-electron chi connectivity index (χ1n) is 8.95. The van der Waals surface area contributed by atoms with Gasteiger partial charge in [-0.15, -0.1) is 0 Å². The number of benzene rings is 1. The molecular weight excluding hydrogens is 333 g/mol. The maximum atomic E-state index is 13.1. The summed E-state index contributed by atoms with van der Waals surface area (Å²) in [6.45, 7) is 3.16. The Kier molecular flexibility index (Phi) is 3.90. The lowest BCUT2D eigenvalue weighted by Gasteiger charge is -2.38. The summed E-state index contributed by atoms with van der Waals surface area (Å²) in [5.41, 5.74) is 2.23. The Morgan fingerprint density at radius 2 is 1.85 bits per heavy atom. The second-order valence-corrected chi connectivity index (χ2v) is 7.14. The van der Waals surface area contributed by atoms with Gasteiger partial charge in [0.1, 0.15) is 17.9 Å². The Labute approximate surface area is 151 Å². The van der Waals surface area contributed by atoms with Crippen LogP contribution in [0.3, 0.4) is 0 Å². The lowest BCUT2D eigenvalue weighted by Crippen LogP contribution is -2.53. The summed E-state index contributed by atoms with van der Waals surface area (Å²) in [4.78, 5) is 6.43. The number of morpholine rings is 1. The number of fused-ring (bicyclic) bond motifs is 3. The Morgan fingerprint density at radius 1 is 1.04 bits per heavy atom. The van der Waals surface area contributed by atoms with Crippen molar-refractivity contribution in [2.75, 3.05) is 19.7 Å². The summed E-state index contributed by atoms with van der Waals surface area (Å²) >= 11 is 0. The molecule has 2 saturated heterocycles. The molecule has 4 atom stereocenters. The van der Waals surface area contributed by atoms with Crippen molar-refractivity contribution >= 4 is 0 Å². The van der Waals surface area contributed by atoms with Gasteiger partial charge < -0.3 is 4.74 Å². The molecule has 2 fully saturated rings. The van der Waals surface area contributed by atoms with Crippen LogP contribution >= 0.6 is 0 Å². The number of aromatic nitrogens is 1. The predicted molar refractivity (Wildman–Crippen MR) is 92.7 cm³/mol. The highest BCUT2D eigenvalue weighted by molar-refractivity contribution is 5.20. The first-order valence-corrected chi connectivity index (χ1v) is 8.95. The van der Waals surface area contributed by atoms with Crippen LogP contribution in [0.5, 0.6) is 0 Å². The number of likely N-dealkylation sites (tertiary alicyclic amines) is 1. The molecule has 0 amide bonds. The summed E-state index contributed by atoms with van der Waals surface area (Å²) in [5.74, 6) is -0.199. The first kappa shape index (κ1) is 15.8. The third-order valence-electron chi connectivity index (χ3n) is 5.48. The predicted octanol–water partition coefficient (Wildman–Crippen LogP) is 2.60. The molecule has 1 aromatic heterocycles. The highest BCUT2D eigenvalue weighted by Gasteiger charge is 2.48. The highest BCUT2D eigenvalue weighted by Crippen LogP contribution is 2.38. The van der Waals surface area contributed by atoms with Gasteiger partial charge in [0.05, 0.1) is 18.8 Å². The molecule has 26 heavy (non-hydrogen) atoms. The quantitative estimate of drug-likeness (QED) is 0.851. The van der Waals surface area contributed by atoms with Crippen molar-refractivity contribution in [1.29, 1.82) is 0 Å². The summed E-state index contributed by atoms with van der Waals surface area (Å²) in [6, 6.07) is 11.1. The van der Waals surface area contributed by atoms with Crippen molar-refractivity contribution in [1.82, 2.24) is 14.9 Å². The number of nitrogens with zero attached hydrogens (tertiary/aromatic N) is 5. The van der Waals surface area contributed by atoms with E-state index in [0.29, 0.717) is 6.61 Å². The Morgan fingerprint density at radius 3 is 2.65 bits per heavy atom. The minimum atomic E-state index is -0.199. The summed E-state index contributed by atoms with van der Waals surface area (Å²) in [7, 11) is 0. The van der Waals surface area contributed by atoms with Gasteiger partial charge in [0.2, 0.25) is 0 Å². The van der Waals surface area contributed by atoms with Crippen molar-refractivity contribution in [3.8, 4) is 0 Å². The average molecular weight is 353 g/mol. The maximum Gasteiger partial charge on any atom is 0.123 e. The summed E-state index contributed by atoms with van der Waals surface area (Å²) in [6.07, 6.45) is 3.72. The van der Waals surface area contributed by atoms with Crippen LogP contribution < -0.4 is 0 Å². The van der Waals surface area contributed by atoms with Gasteiger partial charge in [0, 0.05) is 32.0 Å². The van der Waals surface area contributed by atoms with Crippen molar-refractivity contribution in [2.45, 2.75) is 30.8 Å². The zero-order valence-electron chi connectivity index (χ0n) is 14.3. The van der Waals surface area contributed by atoms with E-state index in [2.05, 4.69) is 25.2 Å². The van der Waals surface area contributed by atoms with Crippen LogP contribution in [0.2, 0.25) is 0 Å². The molecule has 2 aromatic rings. The number of halogens is 1. The molecule has 6 nitrogen and oxygen atoms in total. The van der Waals surface area contributed by atoms with E-state index >= 15 is 0 Å². The van der Waals surface area contributed by atoms with Crippen LogP contribution in [-0.2, 0) is 11.3 Å². The van der Waals surface area contributed by atoms with Gasteiger partial charge in [-0.25, -0.2) is 4.39 Å². The van der Waals surface area contributed by atoms with Gasteiger partial charge in [-0.05, 0) is 35.4 Å². The lowest BCUT2D eigenvalue weighted by molar-refractivity contribution is -0.0771. The van der Waals surface area contributed by atoms with Crippen molar-refractivity contribution in [2.24, 2.45) is 10.3 Å². The molecule has 0 spiro atoms. The Bertz CT molecular complexity index is 799. The van der Waals surface area contributed by atoms with Crippen molar-refractivity contribution in [3.63, 3.8) is 0 Å². The third kappa shape index (κ3) is 2.77. The van der Waals surface area contributed by atoms with Crippen molar-refractivity contribution < 1.29 is 9.13 Å². The first-order chi connectivity index (χ1) is 12.8. The molecule has 3 aliphatic rings. The average Bonchev–Trinajstić information content (AvgIpc) is 3.27. The molecule has 134 valence electrons. The minimum Gasteiger partial charge on any atom is -0.372 e. The van der Waals surface area contributed by atoms with Gasteiger partial charge in [0.15, 0.2) is 0 Å². The fraction of sp³-hybridized carbons (Fsp3) is 0.421. The fourth-order valence-corrected chi connectivity index (χ4v) is 4.18. The van der Waals surface area contributed by atoms with E-state index < -0.39 is 0 Å². The van der Waals surface area contributed by atoms with E-state index in [-0.39, 0.29) is 30.0 Å². The van der Waals surface area contributed by atoms with E-state index in [9.17, 15) is 4.39 Å². The molecule has 1 aromatic carbocycles. The van der Waals surface area contributed by atoms with Gasteiger partial charge in [0.25, 0.3) is 0 Å². The second kappa shape index (κ2) is 6.41. The largest absolute Gasteiger partial charge is 0.372 e. The highest BCUT2D eigenvalue weighted by atomic mass is 19.1. The molecule has 0 aliphatic carbocycles. The molecule has 0 saturated carbocycles. The monoisotopic (exact) mass is 353 g/mol. The summed E-state index contributed by atoms with van der Waals surface area (Å²) < 4.78 is 19.3. The second-order valence-electron chi connectivity index (χ2n) is 7.14. The van der Waals surface area contributed by atoms with Crippen LogP contribution in [0.25, 0.3) is 0 Å². The van der Waals surface area contributed by atoms with E-state index in [1.807, 2.05) is 24.3 Å². The third-order valence-corrected chi connectivity index (χ3v) is 5.48. The van der Waals surface area contributed by atoms with Gasteiger partial charge in [-0.2, -0.15) is 5.11 Å². The number of hydrogen-bond acceptors (Lipinski definition) is 6. The molecule has 2 unspecified atom stereocenters. The molecular formula is C19H20FN5O. The van der Waals surface area contributed by atoms with Crippen LogP contribution in [0.4, 0.5) is 4.39 Å². The molecule has 0 radical (unpaired) electrons. The standard InChI is InChI=1S/C19H20FN5O/c20-15-3-1-13(2-4-15)9-24-10-16-18(11-24)26-12-17-19(22-23-25(16)17)14-5-7-21-8-6-14/h1-8,16-19H,9-12H2/t16-,17?,18-,19?/m1/s1. The van der Waals surface area contributed by atoms with E-state index in [4.69, 9.17) is 4.74 Å². The molecule has 0 N–H and O–H groups in total. The number of pyridine rings is 1. The molecule has 0 bridgehead atoms. The zero-order chi connectivity index (χ0) is 17.5. The zero-order valence-corrected chi connectivity index (χ0v) is 14.3. The molecule has 3 aliphatic heterocycles. The van der Waals surface area contributed by atoms with E-state index in [1.165, 1.54) is 12.1 Å². The molecule has 4 heterocycles.